The first kappa shape index (κ1) is 33.9. The second-order valence-corrected chi connectivity index (χ2v) is 12.1. The maximum Gasteiger partial charge on any atom is 0.494 e. The van der Waals surface area contributed by atoms with Crippen LogP contribution >= 0.6 is 0 Å². The Morgan fingerprint density at radius 2 is 1.70 bits per heavy atom. The summed E-state index contributed by atoms with van der Waals surface area (Å²) in [5.74, 6) is -4.87. The number of aryl methyl sites for hydroxylation is 1. The van der Waals surface area contributed by atoms with E-state index >= 15 is 8.78 Å². The van der Waals surface area contributed by atoms with Crippen LogP contribution in [0.4, 0.5) is 8.78 Å². The highest BCUT2D eigenvalue weighted by molar-refractivity contribution is 6.62. The highest BCUT2D eigenvalue weighted by atomic mass is 19.2. The molecule has 234 valence electrons. The zero-order valence-electron chi connectivity index (χ0n) is 25.9. The maximum atomic E-state index is 15.4. The van der Waals surface area contributed by atoms with Crippen LogP contribution in [0.5, 0.6) is 0 Å². The monoisotopic (exact) mass is 603 g/mol. The molecule has 2 N–H and O–H groups in total. The van der Waals surface area contributed by atoms with E-state index < -0.39 is 71.8 Å². The lowest BCUT2D eigenvalue weighted by molar-refractivity contribution is -0.143. The number of carbonyl (C=O) groups is 3. The highest BCUT2D eigenvalue weighted by Gasteiger charge is 2.52. The van der Waals surface area contributed by atoms with Gasteiger partial charge in [0.25, 0.3) is 11.5 Å². The van der Waals surface area contributed by atoms with Gasteiger partial charge in [0.2, 0.25) is 5.91 Å². The molecule has 0 unspecified atom stereocenters. The molecule has 1 aliphatic heterocycles. The maximum absolute atomic E-state index is 15.4. The van der Waals surface area contributed by atoms with Gasteiger partial charge in [0.1, 0.15) is 11.6 Å². The van der Waals surface area contributed by atoms with Gasteiger partial charge in [-0.3, -0.25) is 19.2 Å². The number of esters is 1. The van der Waals surface area contributed by atoms with Gasteiger partial charge in [-0.1, -0.05) is 19.9 Å². The molecule has 2 atom stereocenters. The zero-order chi connectivity index (χ0) is 32.3. The molecule has 2 aromatic rings. The smallest absolute Gasteiger partial charge is 0.466 e. The van der Waals surface area contributed by atoms with Gasteiger partial charge < -0.3 is 29.2 Å². The summed E-state index contributed by atoms with van der Waals surface area (Å²) in [6.07, 6.45) is 1.12. The molecular formula is C30H40BF2N3O7. The number of ether oxygens (including phenoxy) is 1. The van der Waals surface area contributed by atoms with E-state index in [9.17, 15) is 19.2 Å². The Bertz CT molecular complexity index is 1410. The van der Waals surface area contributed by atoms with Crippen molar-refractivity contribution in [3.8, 4) is 0 Å². The summed E-state index contributed by atoms with van der Waals surface area (Å²) in [6, 6.07) is 2.56. The number of benzene rings is 1. The predicted octanol–water partition coefficient (Wildman–Crippen LogP) is 2.92. The normalized spacial score (nSPS) is 17.0. The topological polar surface area (TPSA) is 125 Å². The summed E-state index contributed by atoms with van der Waals surface area (Å²) in [6.45, 7) is 12.5. The Labute approximate surface area is 250 Å². The van der Waals surface area contributed by atoms with E-state index in [1.54, 1.807) is 6.92 Å². The van der Waals surface area contributed by atoms with Gasteiger partial charge >= 0.3 is 13.1 Å². The van der Waals surface area contributed by atoms with Crippen molar-refractivity contribution < 1.29 is 37.2 Å². The molecule has 0 spiro atoms. The van der Waals surface area contributed by atoms with Gasteiger partial charge in [0, 0.05) is 18.8 Å². The Balaban J connectivity index is 1.98. The molecule has 1 fully saturated rings. The van der Waals surface area contributed by atoms with Crippen LogP contribution in [-0.2, 0) is 30.7 Å². The van der Waals surface area contributed by atoms with Crippen molar-refractivity contribution in [2.75, 3.05) is 6.61 Å². The van der Waals surface area contributed by atoms with E-state index in [4.69, 9.17) is 14.0 Å². The first-order valence-corrected chi connectivity index (χ1v) is 14.2. The van der Waals surface area contributed by atoms with Crippen molar-refractivity contribution in [3.05, 3.63) is 63.6 Å². The second kappa shape index (κ2) is 13.4. The SMILES string of the molecule is CCOC(=O)C[C@H](NC(=O)[C@H](CC(C)C)NC(=O)c1cccn(C)c1=O)c1cc(B2OC(C)(C)C(C)(C)O2)cc(F)c1F. The van der Waals surface area contributed by atoms with Gasteiger partial charge in [0.15, 0.2) is 11.6 Å². The Hall–Kier alpha value is -3.58. The van der Waals surface area contributed by atoms with Crippen LogP contribution in [-0.4, -0.2) is 53.3 Å². The van der Waals surface area contributed by atoms with Crippen molar-refractivity contribution in [2.24, 2.45) is 13.0 Å². The third kappa shape index (κ3) is 7.88. The minimum Gasteiger partial charge on any atom is -0.466 e. The van der Waals surface area contributed by atoms with Crippen LogP contribution in [0.2, 0.25) is 0 Å². The van der Waals surface area contributed by atoms with E-state index in [-0.39, 0.29) is 35.5 Å². The predicted molar refractivity (Wildman–Crippen MR) is 157 cm³/mol. The lowest BCUT2D eigenvalue weighted by Crippen LogP contribution is -2.49. The fraction of sp³-hybridized carbons (Fsp3) is 0.533. The summed E-state index contributed by atoms with van der Waals surface area (Å²) in [5.41, 5.74) is -2.41. The number of rotatable bonds is 11. The van der Waals surface area contributed by atoms with Gasteiger partial charge in [-0.2, -0.15) is 0 Å². The lowest BCUT2D eigenvalue weighted by atomic mass is 9.77. The molecule has 0 saturated carbocycles. The molecule has 1 aromatic heterocycles. The number of carbonyl (C=O) groups excluding carboxylic acids is 3. The van der Waals surface area contributed by atoms with Crippen LogP contribution < -0.4 is 21.7 Å². The van der Waals surface area contributed by atoms with Crippen LogP contribution in [0.15, 0.2) is 35.3 Å². The molecule has 10 nitrogen and oxygen atoms in total. The third-order valence-corrected chi connectivity index (χ3v) is 7.67. The molecule has 1 aromatic carbocycles. The summed E-state index contributed by atoms with van der Waals surface area (Å²) < 4.78 is 48.7. The number of hydrogen-bond donors (Lipinski definition) is 2. The van der Waals surface area contributed by atoms with Crippen molar-refractivity contribution >= 4 is 30.4 Å². The van der Waals surface area contributed by atoms with Crippen LogP contribution in [0.3, 0.4) is 0 Å². The quantitative estimate of drug-likeness (QED) is 0.299. The van der Waals surface area contributed by atoms with Crippen molar-refractivity contribution in [2.45, 2.75) is 84.6 Å². The summed E-state index contributed by atoms with van der Waals surface area (Å²) >= 11 is 0. The second-order valence-electron chi connectivity index (χ2n) is 12.1. The minimum absolute atomic E-state index is 0.0301. The summed E-state index contributed by atoms with van der Waals surface area (Å²) in [5, 5.41) is 5.18. The minimum atomic E-state index is -1.38. The van der Waals surface area contributed by atoms with E-state index in [1.807, 2.05) is 41.5 Å². The number of pyridine rings is 1. The number of hydrogen-bond acceptors (Lipinski definition) is 7. The van der Waals surface area contributed by atoms with E-state index in [1.165, 1.54) is 36.0 Å². The van der Waals surface area contributed by atoms with E-state index in [0.717, 1.165) is 6.07 Å². The van der Waals surface area contributed by atoms with E-state index in [0.29, 0.717) is 0 Å². The zero-order valence-corrected chi connectivity index (χ0v) is 25.9. The molecule has 2 amide bonds. The largest absolute Gasteiger partial charge is 0.494 e. The molecule has 2 heterocycles. The van der Waals surface area contributed by atoms with Gasteiger partial charge in [-0.15, -0.1) is 0 Å². The molecule has 0 bridgehead atoms. The average molecular weight is 603 g/mol. The average Bonchev–Trinajstić information content (AvgIpc) is 3.12. The number of nitrogens with one attached hydrogen (secondary N) is 2. The summed E-state index contributed by atoms with van der Waals surface area (Å²) in [4.78, 5) is 51.6. The Morgan fingerprint density at radius 1 is 1.07 bits per heavy atom. The van der Waals surface area contributed by atoms with Crippen molar-refractivity contribution in [3.63, 3.8) is 0 Å². The van der Waals surface area contributed by atoms with Crippen LogP contribution in [0, 0.1) is 17.6 Å². The fourth-order valence-corrected chi connectivity index (χ4v) is 4.61. The molecule has 13 heteroatoms. The molecular weight excluding hydrogens is 563 g/mol. The number of amides is 2. The van der Waals surface area contributed by atoms with Crippen molar-refractivity contribution in [1.82, 2.24) is 15.2 Å². The van der Waals surface area contributed by atoms with Crippen LogP contribution in [0.25, 0.3) is 0 Å². The Morgan fingerprint density at radius 3 is 2.28 bits per heavy atom. The molecule has 0 radical (unpaired) electrons. The van der Waals surface area contributed by atoms with Gasteiger partial charge in [-0.05, 0) is 70.6 Å². The van der Waals surface area contributed by atoms with E-state index in [2.05, 4.69) is 10.6 Å². The molecule has 3 rings (SSSR count). The first-order valence-electron chi connectivity index (χ1n) is 14.2. The van der Waals surface area contributed by atoms with Gasteiger partial charge in [0.05, 0.1) is 30.3 Å². The van der Waals surface area contributed by atoms with Gasteiger partial charge in [-0.25, -0.2) is 8.78 Å². The lowest BCUT2D eigenvalue weighted by Gasteiger charge is -2.32. The third-order valence-electron chi connectivity index (χ3n) is 7.67. The Kier molecular flexibility index (Phi) is 10.6. The number of aromatic nitrogens is 1. The van der Waals surface area contributed by atoms with Crippen LogP contribution in [0.1, 0.15) is 83.3 Å². The highest BCUT2D eigenvalue weighted by Crippen LogP contribution is 2.37. The number of nitrogens with zero attached hydrogens (tertiary/aromatic N) is 1. The fourth-order valence-electron chi connectivity index (χ4n) is 4.61. The molecule has 0 aliphatic carbocycles. The molecule has 43 heavy (non-hydrogen) atoms. The summed E-state index contributed by atoms with van der Waals surface area (Å²) in [7, 11) is 0.447. The standard InChI is InChI=1S/C30H40BF2N3O7/c1-9-41-24(37)16-22(20-14-18(15-21(32)25(20)33)31-42-29(4,5)30(6,7)43-31)34-27(39)23(13-17(2)3)35-26(38)19-11-10-12-36(8)28(19)40/h10-12,14-15,17,22-23H,9,13,16H2,1-8H3,(H,34,39)(H,35,38)/t22-,23-/m0/s1. The molecule has 1 saturated heterocycles. The molecule has 1 aliphatic rings. The first-order chi connectivity index (χ1) is 20.0. The van der Waals surface area contributed by atoms with Crippen molar-refractivity contribution in [1.29, 1.82) is 0 Å². The number of halogens is 2.